The maximum absolute atomic E-state index is 11.6. The van der Waals surface area contributed by atoms with Crippen molar-refractivity contribution in [3.05, 3.63) is 60.4 Å². The normalized spacial score (nSPS) is 11.6. The minimum atomic E-state index is -0.687. The maximum atomic E-state index is 11.6. The number of aromatic nitrogens is 1. The van der Waals surface area contributed by atoms with Gasteiger partial charge < -0.3 is 9.47 Å². The van der Waals surface area contributed by atoms with Crippen LogP contribution in [0.3, 0.4) is 0 Å². The molecule has 1 atom stereocenters. The summed E-state index contributed by atoms with van der Waals surface area (Å²) in [5.74, 6) is 0.476. The smallest absolute Gasteiger partial charge is 0.431 e. The topological polar surface area (TPSA) is 48.4 Å². The molecule has 1 heterocycles. The molecule has 1 aromatic heterocycles. The first-order valence-electron chi connectivity index (χ1n) is 6.06. The van der Waals surface area contributed by atoms with Crippen LogP contribution in [0.5, 0.6) is 5.75 Å². The van der Waals surface area contributed by atoms with E-state index in [2.05, 4.69) is 4.98 Å². The SMILES string of the molecule is CC(Cc1ccncc1)OC(=O)Oc1ccccc1. The number of ether oxygens (including phenoxy) is 2. The zero-order valence-corrected chi connectivity index (χ0v) is 10.7. The number of rotatable bonds is 4. The summed E-state index contributed by atoms with van der Waals surface area (Å²) < 4.78 is 10.2. The summed E-state index contributed by atoms with van der Waals surface area (Å²) >= 11 is 0. The summed E-state index contributed by atoms with van der Waals surface area (Å²) in [4.78, 5) is 15.5. The fourth-order valence-electron chi connectivity index (χ4n) is 1.67. The number of nitrogens with zero attached hydrogens (tertiary/aromatic N) is 1. The van der Waals surface area contributed by atoms with Gasteiger partial charge in [-0.05, 0) is 36.8 Å². The molecule has 1 unspecified atom stereocenters. The highest BCUT2D eigenvalue weighted by Crippen LogP contribution is 2.11. The van der Waals surface area contributed by atoms with Gasteiger partial charge in [0.15, 0.2) is 0 Å². The molecule has 19 heavy (non-hydrogen) atoms. The van der Waals surface area contributed by atoms with Gasteiger partial charge in [0.25, 0.3) is 0 Å². The van der Waals surface area contributed by atoms with Crippen LogP contribution in [-0.4, -0.2) is 17.2 Å². The fourth-order valence-corrected chi connectivity index (χ4v) is 1.67. The number of carbonyl (C=O) groups is 1. The number of hydrogen-bond acceptors (Lipinski definition) is 4. The molecule has 0 saturated heterocycles. The van der Waals surface area contributed by atoms with Crippen molar-refractivity contribution in [3.63, 3.8) is 0 Å². The second-order valence-corrected chi connectivity index (χ2v) is 4.15. The van der Waals surface area contributed by atoms with E-state index in [9.17, 15) is 4.79 Å². The van der Waals surface area contributed by atoms with Crippen LogP contribution in [0.2, 0.25) is 0 Å². The van der Waals surface area contributed by atoms with Crippen molar-refractivity contribution < 1.29 is 14.3 Å². The average molecular weight is 257 g/mol. The van der Waals surface area contributed by atoms with Gasteiger partial charge in [0, 0.05) is 18.8 Å². The van der Waals surface area contributed by atoms with Gasteiger partial charge in [-0.3, -0.25) is 4.98 Å². The van der Waals surface area contributed by atoms with Crippen LogP contribution in [0.15, 0.2) is 54.9 Å². The number of pyridine rings is 1. The Balaban J connectivity index is 1.82. The third-order valence-electron chi connectivity index (χ3n) is 2.51. The zero-order chi connectivity index (χ0) is 13.5. The fraction of sp³-hybridized carbons (Fsp3) is 0.200. The van der Waals surface area contributed by atoms with Gasteiger partial charge in [-0.1, -0.05) is 18.2 Å². The van der Waals surface area contributed by atoms with Crippen molar-refractivity contribution in [2.75, 3.05) is 0 Å². The Morgan fingerprint density at radius 1 is 1.16 bits per heavy atom. The molecule has 0 saturated carbocycles. The van der Waals surface area contributed by atoms with E-state index in [1.807, 2.05) is 25.1 Å². The van der Waals surface area contributed by atoms with E-state index in [1.165, 1.54) is 0 Å². The molecule has 4 heteroatoms. The third-order valence-corrected chi connectivity index (χ3v) is 2.51. The van der Waals surface area contributed by atoms with Gasteiger partial charge in [0.1, 0.15) is 11.9 Å². The van der Waals surface area contributed by atoms with Crippen molar-refractivity contribution in [2.24, 2.45) is 0 Å². The monoisotopic (exact) mass is 257 g/mol. The molecule has 0 radical (unpaired) electrons. The second kappa shape index (κ2) is 6.54. The van der Waals surface area contributed by atoms with Crippen molar-refractivity contribution in [2.45, 2.75) is 19.4 Å². The number of benzene rings is 1. The molecular formula is C15H15NO3. The van der Waals surface area contributed by atoms with Crippen LogP contribution in [0.4, 0.5) is 4.79 Å². The van der Waals surface area contributed by atoms with Gasteiger partial charge in [-0.15, -0.1) is 0 Å². The van der Waals surface area contributed by atoms with Gasteiger partial charge in [-0.25, -0.2) is 4.79 Å². The highest BCUT2D eigenvalue weighted by molar-refractivity contribution is 5.63. The molecule has 0 fully saturated rings. The summed E-state index contributed by atoms with van der Waals surface area (Å²) in [7, 11) is 0. The van der Waals surface area contributed by atoms with Gasteiger partial charge in [0.2, 0.25) is 0 Å². The first-order chi connectivity index (χ1) is 9.24. The first kappa shape index (κ1) is 13.1. The number of para-hydroxylation sites is 1. The summed E-state index contributed by atoms with van der Waals surface area (Å²) in [6.45, 7) is 1.83. The Labute approximate surface area is 112 Å². The van der Waals surface area contributed by atoms with E-state index >= 15 is 0 Å². The molecule has 0 aliphatic rings. The zero-order valence-electron chi connectivity index (χ0n) is 10.7. The van der Waals surface area contributed by atoms with E-state index in [0.717, 1.165) is 5.56 Å². The van der Waals surface area contributed by atoms with E-state index < -0.39 is 6.16 Å². The first-order valence-corrected chi connectivity index (χ1v) is 6.06. The van der Waals surface area contributed by atoms with Crippen LogP contribution < -0.4 is 4.74 Å². The molecule has 1 aromatic carbocycles. The van der Waals surface area contributed by atoms with Crippen LogP contribution in [0.1, 0.15) is 12.5 Å². The lowest BCUT2D eigenvalue weighted by atomic mass is 10.1. The van der Waals surface area contributed by atoms with Crippen LogP contribution in [-0.2, 0) is 11.2 Å². The largest absolute Gasteiger partial charge is 0.514 e. The molecular weight excluding hydrogens is 242 g/mol. The van der Waals surface area contributed by atoms with E-state index in [0.29, 0.717) is 12.2 Å². The van der Waals surface area contributed by atoms with E-state index in [-0.39, 0.29) is 6.10 Å². The Bertz CT molecular complexity index is 513. The standard InChI is InChI=1S/C15H15NO3/c1-12(11-13-7-9-16-10-8-13)18-15(17)19-14-5-3-2-4-6-14/h2-10,12H,11H2,1H3. The van der Waals surface area contributed by atoms with E-state index in [4.69, 9.17) is 9.47 Å². The Morgan fingerprint density at radius 3 is 2.53 bits per heavy atom. The predicted octanol–water partition coefficient (Wildman–Crippen LogP) is 3.23. The highest BCUT2D eigenvalue weighted by atomic mass is 16.7. The van der Waals surface area contributed by atoms with Crippen molar-refractivity contribution in [1.82, 2.24) is 4.98 Å². The summed E-state index contributed by atoms with van der Waals surface area (Å²) in [5, 5.41) is 0. The molecule has 0 aliphatic carbocycles. The molecule has 0 bridgehead atoms. The van der Waals surface area contributed by atoms with Gasteiger partial charge in [-0.2, -0.15) is 0 Å². The van der Waals surface area contributed by atoms with Crippen molar-refractivity contribution >= 4 is 6.16 Å². The van der Waals surface area contributed by atoms with E-state index in [1.54, 1.807) is 36.7 Å². The molecule has 4 nitrogen and oxygen atoms in total. The summed E-state index contributed by atoms with van der Waals surface area (Å²) in [5.41, 5.74) is 1.06. The number of hydrogen-bond donors (Lipinski definition) is 0. The highest BCUT2D eigenvalue weighted by Gasteiger charge is 2.12. The van der Waals surface area contributed by atoms with Crippen LogP contribution in [0, 0.1) is 0 Å². The summed E-state index contributed by atoms with van der Waals surface area (Å²) in [6, 6.07) is 12.6. The third kappa shape index (κ3) is 4.43. The molecule has 2 rings (SSSR count). The van der Waals surface area contributed by atoms with Crippen LogP contribution in [0.25, 0.3) is 0 Å². The molecule has 2 aromatic rings. The second-order valence-electron chi connectivity index (χ2n) is 4.15. The summed E-state index contributed by atoms with van der Waals surface area (Å²) in [6.07, 6.45) is 3.12. The minimum absolute atomic E-state index is 0.251. The molecule has 0 spiro atoms. The van der Waals surface area contributed by atoms with Gasteiger partial charge in [0.05, 0.1) is 0 Å². The molecule has 0 aliphatic heterocycles. The Hall–Kier alpha value is -2.36. The average Bonchev–Trinajstić information content (AvgIpc) is 2.40. The number of carbonyl (C=O) groups excluding carboxylic acids is 1. The lowest BCUT2D eigenvalue weighted by molar-refractivity contribution is 0.0660. The van der Waals surface area contributed by atoms with Crippen molar-refractivity contribution in [1.29, 1.82) is 0 Å². The lowest BCUT2D eigenvalue weighted by Crippen LogP contribution is -2.20. The minimum Gasteiger partial charge on any atom is -0.431 e. The maximum Gasteiger partial charge on any atom is 0.514 e. The lowest BCUT2D eigenvalue weighted by Gasteiger charge is -2.12. The molecule has 0 amide bonds. The Kier molecular flexibility index (Phi) is 4.50. The quantitative estimate of drug-likeness (QED) is 0.623. The van der Waals surface area contributed by atoms with Crippen molar-refractivity contribution in [3.8, 4) is 5.75 Å². The molecule has 98 valence electrons. The van der Waals surface area contributed by atoms with Gasteiger partial charge >= 0.3 is 6.16 Å². The predicted molar refractivity (Wildman–Crippen MR) is 71.0 cm³/mol. The Morgan fingerprint density at radius 2 is 1.84 bits per heavy atom. The molecule has 0 N–H and O–H groups in total. The van der Waals surface area contributed by atoms with Crippen LogP contribution >= 0.6 is 0 Å².